The molecule has 3 aliphatic heterocycles. The highest BCUT2D eigenvalue weighted by atomic mass is 16.4. The normalized spacial score (nSPS) is 26.0. The number of urea groups is 2. The number of amides is 4. The van der Waals surface area contributed by atoms with E-state index in [0.717, 1.165) is 12.8 Å². The first-order valence-corrected chi connectivity index (χ1v) is 12.0. The number of aliphatic carboxylic acids is 1. The van der Waals surface area contributed by atoms with Gasteiger partial charge < -0.3 is 19.8 Å². The van der Waals surface area contributed by atoms with Gasteiger partial charge in [0, 0.05) is 19.1 Å². The minimum atomic E-state index is -1.09. The maximum Gasteiger partial charge on any atom is 0.329 e. The number of carbonyl (C=O) groups is 3. The lowest BCUT2D eigenvalue weighted by Gasteiger charge is -2.47. The molecule has 4 amide bonds. The number of fused-ring (bicyclic) bond motifs is 2. The van der Waals surface area contributed by atoms with Crippen molar-refractivity contribution in [1.82, 2.24) is 14.7 Å². The van der Waals surface area contributed by atoms with E-state index in [2.05, 4.69) is 0 Å². The summed E-state index contributed by atoms with van der Waals surface area (Å²) in [6.07, 6.45) is 3.20. The van der Waals surface area contributed by atoms with E-state index in [1.54, 1.807) is 9.80 Å². The maximum absolute atomic E-state index is 14.0. The van der Waals surface area contributed by atoms with Crippen LogP contribution in [-0.2, 0) is 4.79 Å². The molecule has 34 heavy (non-hydrogen) atoms. The Morgan fingerprint density at radius 2 is 1.50 bits per heavy atom. The second-order valence-electron chi connectivity index (χ2n) is 9.40. The molecular weight excluding hydrogens is 432 g/mol. The van der Waals surface area contributed by atoms with Crippen LogP contribution in [0.15, 0.2) is 60.7 Å². The third-order valence-electron chi connectivity index (χ3n) is 7.39. The molecule has 0 aromatic heterocycles. The van der Waals surface area contributed by atoms with Gasteiger partial charge in [-0.15, -0.1) is 0 Å². The molecule has 2 bridgehead atoms. The van der Waals surface area contributed by atoms with Crippen molar-refractivity contribution in [2.75, 3.05) is 18.0 Å². The van der Waals surface area contributed by atoms with Gasteiger partial charge in [0.25, 0.3) is 0 Å². The van der Waals surface area contributed by atoms with Crippen LogP contribution >= 0.6 is 0 Å². The van der Waals surface area contributed by atoms with Crippen molar-refractivity contribution in [2.45, 2.75) is 56.8 Å². The van der Waals surface area contributed by atoms with Gasteiger partial charge in [0.05, 0.1) is 23.5 Å². The Labute approximate surface area is 199 Å². The van der Waals surface area contributed by atoms with Crippen LogP contribution in [0.4, 0.5) is 21.0 Å². The fourth-order valence-corrected chi connectivity index (χ4v) is 5.76. The van der Waals surface area contributed by atoms with Crippen LogP contribution in [0.5, 0.6) is 0 Å². The molecule has 1 N–H and O–H groups in total. The Balaban J connectivity index is 1.48. The van der Waals surface area contributed by atoms with E-state index < -0.39 is 18.1 Å². The van der Waals surface area contributed by atoms with Gasteiger partial charge in [-0.3, -0.25) is 4.90 Å². The number of para-hydroxylation sites is 2. The SMILES string of the molecule is C[C@@H]1CCCN1C(=O)N1C2CC[C@@H]1[C@@H](C(=O)O)N(C(=O)N(c1ccccc1)c1ccccc1)C2. The first kappa shape index (κ1) is 22.3. The van der Waals surface area contributed by atoms with Gasteiger partial charge in [-0.1, -0.05) is 36.4 Å². The van der Waals surface area contributed by atoms with Crippen molar-refractivity contribution in [3.63, 3.8) is 0 Å². The second kappa shape index (κ2) is 9.00. The van der Waals surface area contributed by atoms with E-state index in [1.165, 1.54) is 4.90 Å². The smallest absolute Gasteiger partial charge is 0.329 e. The Kier molecular flexibility index (Phi) is 5.89. The van der Waals surface area contributed by atoms with Gasteiger partial charge in [-0.05, 0) is 56.9 Å². The highest BCUT2D eigenvalue weighted by molar-refractivity contribution is 6.01. The van der Waals surface area contributed by atoms with E-state index >= 15 is 0 Å². The molecule has 2 aromatic rings. The van der Waals surface area contributed by atoms with Crippen LogP contribution in [0, 0.1) is 0 Å². The molecule has 8 nitrogen and oxygen atoms in total. The largest absolute Gasteiger partial charge is 0.480 e. The van der Waals surface area contributed by atoms with Crippen molar-refractivity contribution >= 4 is 29.4 Å². The van der Waals surface area contributed by atoms with Crippen LogP contribution in [-0.4, -0.2) is 75.1 Å². The number of piperazine rings is 1. The van der Waals surface area contributed by atoms with Gasteiger partial charge in [-0.2, -0.15) is 0 Å². The van der Waals surface area contributed by atoms with Crippen molar-refractivity contribution in [2.24, 2.45) is 0 Å². The molecular formula is C26H30N4O4. The predicted octanol–water partition coefficient (Wildman–Crippen LogP) is 4.15. The summed E-state index contributed by atoms with van der Waals surface area (Å²) in [5.41, 5.74) is 1.33. The highest BCUT2D eigenvalue weighted by Gasteiger charge is 2.54. The number of carbonyl (C=O) groups excluding carboxylic acids is 2. The molecule has 178 valence electrons. The second-order valence-corrected chi connectivity index (χ2v) is 9.40. The summed E-state index contributed by atoms with van der Waals surface area (Å²) in [5.74, 6) is -1.08. The zero-order valence-electron chi connectivity index (χ0n) is 19.3. The lowest BCUT2D eigenvalue weighted by Crippen LogP contribution is -2.67. The Morgan fingerprint density at radius 1 is 0.882 bits per heavy atom. The molecule has 3 saturated heterocycles. The van der Waals surface area contributed by atoms with Crippen LogP contribution in [0.25, 0.3) is 0 Å². The summed E-state index contributed by atoms with van der Waals surface area (Å²) in [4.78, 5) is 46.6. The molecule has 2 aromatic carbocycles. The fourth-order valence-electron chi connectivity index (χ4n) is 5.76. The monoisotopic (exact) mass is 462 g/mol. The van der Waals surface area contributed by atoms with Crippen LogP contribution in [0.3, 0.4) is 0 Å². The number of hydrogen-bond acceptors (Lipinski definition) is 3. The topological polar surface area (TPSA) is 84.4 Å². The van der Waals surface area contributed by atoms with Crippen molar-refractivity contribution in [1.29, 1.82) is 0 Å². The molecule has 0 aliphatic carbocycles. The van der Waals surface area contributed by atoms with Crippen LogP contribution < -0.4 is 4.90 Å². The Morgan fingerprint density at radius 3 is 2.03 bits per heavy atom. The number of rotatable bonds is 3. The predicted molar refractivity (Wildman–Crippen MR) is 128 cm³/mol. The van der Waals surface area contributed by atoms with Crippen LogP contribution in [0.1, 0.15) is 32.6 Å². The Bertz CT molecular complexity index is 1020. The van der Waals surface area contributed by atoms with Gasteiger partial charge in [-0.25, -0.2) is 14.4 Å². The number of carboxylic acids is 1. The lowest BCUT2D eigenvalue weighted by atomic mass is 10.0. The number of benzene rings is 2. The van der Waals surface area contributed by atoms with Gasteiger partial charge in [0.2, 0.25) is 0 Å². The third kappa shape index (κ3) is 3.77. The van der Waals surface area contributed by atoms with Crippen molar-refractivity contribution in [3.8, 4) is 0 Å². The molecule has 5 rings (SSSR count). The summed E-state index contributed by atoms with van der Waals surface area (Å²) in [7, 11) is 0. The quantitative estimate of drug-likeness (QED) is 0.743. The standard InChI is InChI=1S/C26H30N4O4/c1-18-9-8-16-27(18)25(33)30-21-14-15-22(30)23(24(31)32)28(17-21)26(34)29(19-10-4-2-5-11-19)20-12-6-3-7-13-20/h2-7,10-13,18,21-23H,8-9,14-17H2,1H3,(H,31,32)/t18-,21?,22-,23+/m1/s1. The Hall–Kier alpha value is -3.55. The van der Waals surface area contributed by atoms with E-state index in [9.17, 15) is 19.5 Å². The summed E-state index contributed by atoms with van der Waals surface area (Å²) >= 11 is 0. The summed E-state index contributed by atoms with van der Waals surface area (Å²) in [6.45, 7) is 2.95. The van der Waals surface area contributed by atoms with Gasteiger partial charge in [0.15, 0.2) is 6.04 Å². The zero-order chi connectivity index (χ0) is 23.8. The van der Waals surface area contributed by atoms with Crippen molar-refractivity contribution in [3.05, 3.63) is 60.7 Å². The highest BCUT2D eigenvalue weighted by Crippen LogP contribution is 2.38. The molecule has 0 radical (unpaired) electrons. The molecule has 3 heterocycles. The van der Waals surface area contributed by atoms with E-state index in [0.29, 0.717) is 30.8 Å². The fraction of sp³-hybridized carbons (Fsp3) is 0.423. The van der Waals surface area contributed by atoms with E-state index in [-0.39, 0.29) is 30.7 Å². The maximum atomic E-state index is 14.0. The molecule has 1 unspecified atom stereocenters. The van der Waals surface area contributed by atoms with Gasteiger partial charge >= 0.3 is 18.0 Å². The van der Waals surface area contributed by atoms with E-state index in [1.807, 2.05) is 72.5 Å². The minimum absolute atomic E-state index is 0.0844. The number of nitrogens with zero attached hydrogens (tertiary/aromatic N) is 4. The molecule has 0 saturated carbocycles. The summed E-state index contributed by atoms with van der Waals surface area (Å²) in [5, 5.41) is 10.3. The minimum Gasteiger partial charge on any atom is -0.480 e. The number of carboxylic acid groups (broad SMARTS) is 1. The molecule has 3 aliphatic rings. The number of hydrogen-bond donors (Lipinski definition) is 1. The third-order valence-corrected chi connectivity index (χ3v) is 7.39. The summed E-state index contributed by atoms with van der Waals surface area (Å²) in [6, 6.07) is 16.4. The first-order chi connectivity index (χ1) is 16.5. The zero-order valence-corrected chi connectivity index (χ0v) is 19.3. The number of anilines is 2. The number of likely N-dealkylation sites (tertiary alicyclic amines) is 2. The molecule has 8 heteroatoms. The average molecular weight is 463 g/mol. The molecule has 4 atom stereocenters. The van der Waals surface area contributed by atoms with Crippen molar-refractivity contribution < 1.29 is 19.5 Å². The first-order valence-electron chi connectivity index (χ1n) is 12.0. The lowest BCUT2D eigenvalue weighted by molar-refractivity contribution is -0.145. The van der Waals surface area contributed by atoms with E-state index in [4.69, 9.17) is 0 Å². The molecule has 3 fully saturated rings. The summed E-state index contributed by atoms with van der Waals surface area (Å²) < 4.78 is 0. The average Bonchev–Trinajstić information content (AvgIpc) is 3.41. The molecule has 0 spiro atoms. The van der Waals surface area contributed by atoms with Crippen LogP contribution in [0.2, 0.25) is 0 Å². The van der Waals surface area contributed by atoms with Gasteiger partial charge in [0.1, 0.15) is 0 Å².